The average Bonchev–Trinajstić information content (AvgIpc) is 3.14. The Labute approximate surface area is 128 Å². The van der Waals surface area contributed by atoms with Crippen molar-refractivity contribution >= 4 is 29.1 Å². The first-order valence-corrected chi connectivity index (χ1v) is 7.65. The minimum absolute atomic E-state index is 0.678. The first kappa shape index (κ1) is 12.6. The molecule has 1 aliphatic heterocycles. The summed E-state index contributed by atoms with van der Waals surface area (Å²) in [5.74, 6) is 0. The molecule has 1 saturated heterocycles. The summed E-state index contributed by atoms with van der Waals surface area (Å²) in [5, 5.41) is 0. The normalized spacial score (nSPS) is 15.0. The summed E-state index contributed by atoms with van der Waals surface area (Å²) in [7, 11) is 0. The SMILES string of the molecule is S=c1[nH]c2cccnc2n1-c1ccc(N2CCCC2)cc1. The molecule has 4 rings (SSSR count). The summed E-state index contributed by atoms with van der Waals surface area (Å²) in [5.41, 5.74) is 4.17. The van der Waals surface area contributed by atoms with Crippen molar-refractivity contribution in [3.8, 4) is 5.69 Å². The van der Waals surface area contributed by atoms with Gasteiger partial charge in [-0.3, -0.25) is 4.57 Å². The van der Waals surface area contributed by atoms with Crippen LogP contribution in [0.1, 0.15) is 12.8 Å². The maximum atomic E-state index is 5.43. The molecular formula is C16H16N4S. The van der Waals surface area contributed by atoms with E-state index in [1.54, 1.807) is 6.20 Å². The third kappa shape index (κ3) is 2.14. The van der Waals surface area contributed by atoms with Crippen molar-refractivity contribution in [2.24, 2.45) is 0 Å². The van der Waals surface area contributed by atoms with E-state index < -0.39 is 0 Å². The molecule has 1 aliphatic rings. The number of nitrogens with zero attached hydrogens (tertiary/aromatic N) is 3. The van der Waals surface area contributed by atoms with Gasteiger partial charge in [0.15, 0.2) is 10.4 Å². The molecule has 0 radical (unpaired) electrons. The van der Waals surface area contributed by atoms with E-state index in [9.17, 15) is 0 Å². The Hall–Kier alpha value is -2.14. The van der Waals surface area contributed by atoms with Crippen LogP contribution in [0, 0.1) is 4.77 Å². The van der Waals surface area contributed by atoms with Gasteiger partial charge in [0.25, 0.3) is 0 Å². The zero-order chi connectivity index (χ0) is 14.2. The van der Waals surface area contributed by atoms with Crippen LogP contribution in [0.4, 0.5) is 5.69 Å². The van der Waals surface area contributed by atoms with E-state index >= 15 is 0 Å². The largest absolute Gasteiger partial charge is 0.372 e. The zero-order valence-electron chi connectivity index (χ0n) is 11.6. The summed E-state index contributed by atoms with van der Waals surface area (Å²) in [6.45, 7) is 2.32. The van der Waals surface area contributed by atoms with Gasteiger partial charge in [0, 0.05) is 25.0 Å². The van der Waals surface area contributed by atoms with Crippen molar-refractivity contribution in [3.05, 3.63) is 47.4 Å². The highest BCUT2D eigenvalue weighted by Gasteiger charge is 2.13. The van der Waals surface area contributed by atoms with E-state index in [0.29, 0.717) is 4.77 Å². The van der Waals surface area contributed by atoms with Gasteiger partial charge in [0.2, 0.25) is 0 Å². The molecule has 0 bridgehead atoms. The molecule has 2 aromatic heterocycles. The lowest BCUT2D eigenvalue weighted by Crippen LogP contribution is -2.17. The molecule has 0 aliphatic carbocycles. The number of aromatic amines is 1. The Morgan fingerprint density at radius 3 is 2.48 bits per heavy atom. The molecule has 0 atom stereocenters. The molecule has 0 amide bonds. The van der Waals surface area contributed by atoms with Crippen LogP contribution in [-0.4, -0.2) is 27.6 Å². The van der Waals surface area contributed by atoms with E-state index in [1.165, 1.54) is 18.5 Å². The van der Waals surface area contributed by atoms with Crippen LogP contribution in [-0.2, 0) is 0 Å². The number of fused-ring (bicyclic) bond motifs is 1. The van der Waals surface area contributed by atoms with Crippen molar-refractivity contribution in [3.63, 3.8) is 0 Å². The fourth-order valence-electron chi connectivity index (χ4n) is 2.97. The number of imidazole rings is 1. The summed E-state index contributed by atoms with van der Waals surface area (Å²) in [4.78, 5) is 10.1. The number of anilines is 1. The lowest BCUT2D eigenvalue weighted by atomic mass is 10.2. The monoisotopic (exact) mass is 296 g/mol. The Morgan fingerprint density at radius 2 is 1.71 bits per heavy atom. The molecular weight excluding hydrogens is 280 g/mol. The van der Waals surface area contributed by atoms with E-state index in [0.717, 1.165) is 29.9 Å². The van der Waals surface area contributed by atoms with Gasteiger partial charge in [-0.25, -0.2) is 4.98 Å². The Balaban J connectivity index is 1.78. The van der Waals surface area contributed by atoms with E-state index in [-0.39, 0.29) is 0 Å². The molecule has 5 heteroatoms. The number of benzene rings is 1. The lowest BCUT2D eigenvalue weighted by molar-refractivity contribution is 0.949. The fraction of sp³-hybridized carbons (Fsp3) is 0.250. The topological polar surface area (TPSA) is 36.9 Å². The van der Waals surface area contributed by atoms with Gasteiger partial charge in [-0.2, -0.15) is 0 Å². The maximum Gasteiger partial charge on any atom is 0.183 e. The summed E-state index contributed by atoms with van der Waals surface area (Å²) < 4.78 is 2.66. The van der Waals surface area contributed by atoms with Gasteiger partial charge in [0.05, 0.1) is 11.2 Å². The van der Waals surface area contributed by atoms with Crippen molar-refractivity contribution in [2.75, 3.05) is 18.0 Å². The van der Waals surface area contributed by atoms with Crippen LogP contribution in [0.5, 0.6) is 0 Å². The number of pyridine rings is 1. The molecule has 1 aromatic carbocycles. The van der Waals surface area contributed by atoms with Crippen LogP contribution >= 0.6 is 12.2 Å². The first-order chi connectivity index (χ1) is 10.3. The first-order valence-electron chi connectivity index (χ1n) is 7.24. The number of hydrogen-bond donors (Lipinski definition) is 1. The van der Waals surface area contributed by atoms with Gasteiger partial charge in [-0.1, -0.05) is 0 Å². The molecule has 21 heavy (non-hydrogen) atoms. The molecule has 1 N–H and O–H groups in total. The summed E-state index contributed by atoms with van der Waals surface area (Å²) in [6.07, 6.45) is 4.37. The van der Waals surface area contributed by atoms with Crippen LogP contribution in [0.2, 0.25) is 0 Å². The van der Waals surface area contributed by atoms with Crippen molar-refractivity contribution in [2.45, 2.75) is 12.8 Å². The van der Waals surface area contributed by atoms with E-state index in [1.807, 2.05) is 16.7 Å². The Kier molecular flexibility index (Phi) is 3.00. The molecule has 3 aromatic rings. The minimum Gasteiger partial charge on any atom is -0.372 e. The van der Waals surface area contributed by atoms with Gasteiger partial charge in [0.1, 0.15) is 0 Å². The van der Waals surface area contributed by atoms with Gasteiger partial charge in [-0.15, -0.1) is 0 Å². The summed E-state index contributed by atoms with van der Waals surface area (Å²) >= 11 is 5.43. The van der Waals surface area contributed by atoms with Crippen LogP contribution < -0.4 is 4.90 Å². The molecule has 3 heterocycles. The highest BCUT2D eigenvalue weighted by atomic mass is 32.1. The third-order valence-electron chi connectivity index (χ3n) is 4.02. The predicted octanol–water partition coefficient (Wildman–Crippen LogP) is 3.68. The third-order valence-corrected chi connectivity index (χ3v) is 4.31. The molecule has 4 nitrogen and oxygen atoms in total. The number of aromatic nitrogens is 3. The number of hydrogen-bond acceptors (Lipinski definition) is 3. The van der Waals surface area contributed by atoms with Crippen LogP contribution in [0.15, 0.2) is 42.6 Å². The standard InChI is InChI=1S/C16H16N4S/c21-16-18-14-4-3-9-17-15(14)20(16)13-7-5-12(6-8-13)19-10-1-2-11-19/h3-9H,1-2,10-11H2,(H,18,21). The molecule has 0 spiro atoms. The maximum absolute atomic E-state index is 5.43. The highest BCUT2D eigenvalue weighted by Crippen LogP contribution is 2.23. The zero-order valence-corrected chi connectivity index (χ0v) is 12.4. The molecule has 106 valence electrons. The van der Waals surface area contributed by atoms with E-state index in [4.69, 9.17) is 12.2 Å². The fourth-order valence-corrected chi connectivity index (χ4v) is 3.27. The van der Waals surface area contributed by atoms with Gasteiger partial charge >= 0.3 is 0 Å². The number of rotatable bonds is 2. The lowest BCUT2D eigenvalue weighted by Gasteiger charge is -2.17. The smallest absolute Gasteiger partial charge is 0.183 e. The van der Waals surface area contributed by atoms with Gasteiger partial charge in [-0.05, 0) is 61.5 Å². The highest BCUT2D eigenvalue weighted by molar-refractivity contribution is 7.71. The van der Waals surface area contributed by atoms with Crippen molar-refractivity contribution < 1.29 is 0 Å². The second-order valence-electron chi connectivity index (χ2n) is 5.35. The Morgan fingerprint density at radius 1 is 1.00 bits per heavy atom. The van der Waals surface area contributed by atoms with Crippen molar-refractivity contribution in [1.29, 1.82) is 0 Å². The second kappa shape index (κ2) is 5.00. The van der Waals surface area contributed by atoms with E-state index in [2.05, 4.69) is 39.1 Å². The number of nitrogens with one attached hydrogen (secondary N) is 1. The minimum atomic E-state index is 0.678. The molecule has 0 unspecified atom stereocenters. The summed E-state index contributed by atoms with van der Waals surface area (Å²) in [6, 6.07) is 12.5. The average molecular weight is 296 g/mol. The molecule has 1 fully saturated rings. The van der Waals surface area contributed by atoms with Crippen LogP contribution in [0.3, 0.4) is 0 Å². The quantitative estimate of drug-likeness (QED) is 0.733. The Bertz CT molecular complexity index is 825. The van der Waals surface area contributed by atoms with Gasteiger partial charge < -0.3 is 9.88 Å². The predicted molar refractivity (Wildman–Crippen MR) is 87.7 cm³/mol. The second-order valence-corrected chi connectivity index (χ2v) is 5.74. The van der Waals surface area contributed by atoms with Crippen LogP contribution in [0.25, 0.3) is 16.9 Å². The number of H-pyrrole nitrogens is 1. The van der Waals surface area contributed by atoms with Crippen molar-refractivity contribution in [1.82, 2.24) is 14.5 Å². The molecule has 0 saturated carbocycles.